The highest BCUT2D eigenvalue weighted by Crippen LogP contribution is 2.37. The van der Waals surface area contributed by atoms with Gasteiger partial charge in [-0.05, 0) is 48.6 Å². The summed E-state index contributed by atoms with van der Waals surface area (Å²) >= 11 is 0. The molecule has 29 heavy (non-hydrogen) atoms. The summed E-state index contributed by atoms with van der Waals surface area (Å²) < 4.78 is 10.7. The molecule has 0 saturated carbocycles. The first-order valence-electron chi connectivity index (χ1n) is 9.82. The maximum atomic E-state index is 12.7. The van der Waals surface area contributed by atoms with Gasteiger partial charge in [0.25, 0.3) is 0 Å². The first-order chi connectivity index (χ1) is 14.1. The molecule has 0 amide bonds. The highest BCUT2D eigenvalue weighted by atomic mass is 16.5. The van der Waals surface area contributed by atoms with E-state index < -0.39 is 0 Å². The molecule has 0 saturated heterocycles. The van der Waals surface area contributed by atoms with Gasteiger partial charge in [0.15, 0.2) is 0 Å². The van der Waals surface area contributed by atoms with E-state index in [1.807, 2.05) is 18.2 Å². The molecule has 2 aromatic carbocycles. The molecule has 3 aromatic rings. The SMILES string of the molecule is CCCCN1C(C)c2ccccc2-c2c(/N=C(\[O-])c3ccc(OC)cc3)on[n+]21. The average Bonchev–Trinajstić information content (AvgIpc) is 3.17. The third-order valence-corrected chi connectivity index (χ3v) is 5.24. The Morgan fingerprint density at radius 3 is 2.72 bits per heavy atom. The molecular formula is C22H24N4O3. The normalized spacial score (nSPS) is 15.8. The lowest BCUT2D eigenvalue weighted by Gasteiger charge is -2.27. The molecule has 0 fully saturated rings. The molecule has 1 unspecified atom stereocenters. The van der Waals surface area contributed by atoms with Crippen molar-refractivity contribution in [3.63, 3.8) is 0 Å². The van der Waals surface area contributed by atoms with E-state index >= 15 is 0 Å². The topological polar surface area (TPSA) is 77.8 Å². The van der Waals surface area contributed by atoms with Crippen LogP contribution in [0.15, 0.2) is 58.0 Å². The Balaban J connectivity index is 1.78. The first kappa shape index (κ1) is 19.0. The van der Waals surface area contributed by atoms with Crippen LogP contribution in [0.2, 0.25) is 0 Å². The second kappa shape index (κ2) is 7.95. The standard InChI is InChI=1S/C22H24N4O3/c1-4-5-14-25-15(2)18-8-6-7-9-19(18)20-22(29-24-26(20)25)23-21(27)16-10-12-17(28-3)13-11-16/h6-13,15H,4-5,14H2,1-3H3. The molecule has 1 aromatic heterocycles. The van der Waals surface area contributed by atoms with E-state index in [4.69, 9.17) is 9.26 Å². The van der Waals surface area contributed by atoms with E-state index in [0.717, 1.165) is 24.9 Å². The molecule has 2 heterocycles. The first-order valence-corrected chi connectivity index (χ1v) is 9.82. The number of rotatable bonds is 6. The van der Waals surface area contributed by atoms with Crippen molar-refractivity contribution in [2.45, 2.75) is 32.7 Å². The van der Waals surface area contributed by atoms with Gasteiger partial charge in [-0.25, -0.2) is 4.99 Å². The van der Waals surface area contributed by atoms with Gasteiger partial charge < -0.3 is 9.84 Å². The molecule has 0 radical (unpaired) electrons. The molecule has 150 valence electrons. The van der Waals surface area contributed by atoms with Gasteiger partial charge >= 0.3 is 11.6 Å². The number of nitrogens with zero attached hydrogens (tertiary/aromatic N) is 4. The Kier molecular flexibility index (Phi) is 5.20. The highest BCUT2D eigenvalue weighted by Gasteiger charge is 2.41. The van der Waals surface area contributed by atoms with E-state index in [9.17, 15) is 5.11 Å². The van der Waals surface area contributed by atoms with Crippen molar-refractivity contribution in [2.75, 3.05) is 18.7 Å². The average molecular weight is 392 g/mol. The van der Waals surface area contributed by atoms with Crippen LogP contribution >= 0.6 is 0 Å². The Labute approximate surface area is 169 Å². The molecule has 7 nitrogen and oxygen atoms in total. The van der Waals surface area contributed by atoms with Gasteiger partial charge in [-0.1, -0.05) is 43.7 Å². The predicted octanol–water partition coefficient (Wildman–Crippen LogP) is 2.89. The van der Waals surface area contributed by atoms with Crippen LogP contribution in [0.3, 0.4) is 0 Å². The molecular weight excluding hydrogens is 368 g/mol. The number of hydrogen-bond acceptors (Lipinski definition) is 6. The van der Waals surface area contributed by atoms with Gasteiger partial charge in [0.05, 0.1) is 24.0 Å². The van der Waals surface area contributed by atoms with Crippen molar-refractivity contribution in [1.82, 2.24) is 5.27 Å². The fourth-order valence-electron chi connectivity index (χ4n) is 3.62. The van der Waals surface area contributed by atoms with Crippen molar-refractivity contribution in [2.24, 2.45) is 4.99 Å². The lowest BCUT2D eigenvalue weighted by atomic mass is 9.96. The van der Waals surface area contributed by atoms with E-state index in [2.05, 4.69) is 35.2 Å². The fraction of sp³-hybridized carbons (Fsp3) is 0.318. The van der Waals surface area contributed by atoms with Crippen LogP contribution in [0, 0.1) is 0 Å². The number of ether oxygens (including phenoxy) is 1. The second-order valence-corrected chi connectivity index (χ2v) is 7.04. The van der Waals surface area contributed by atoms with Crippen LogP contribution in [0.5, 0.6) is 5.75 Å². The van der Waals surface area contributed by atoms with E-state index in [1.165, 1.54) is 5.56 Å². The summed E-state index contributed by atoms with van der Waals surface area (Å²) in [5.41, 5.74) is 3.31. The van der Waals surface area contributed by atoms with Crippen LogP contribution in [0.1, 0.15) is 43.9 Å². The summed E-state index contributed by atoms with van der Waals surface area (Å²) in [7, 11) is 1.59. The quantitative estimate of drug-likeness (QED) is 0.366. The zero-order valence-electron chi connectivity index (χ0n) is 16.8. The minimum atomic E-state index is -0.386. The zero-order chi connectivity index (χ0) is 20.4. The van der Waals surface area contributed by atoms with Crippen LogP contribution < -0.4 is 19.6 Å². The van der Waals surface area contributed by atoms with Gasteiger partial charge in [0.1, 0.15) is 11.8 Å². The largest absolute Gasteiger partial charge is 0.858 e. The fourth-order valence-corrected chi connectivity index (χ4v) is 3.62. The predicted molar refractivity (Wildman–Crippen MR) is 108 cm³/mol. The molecule has 4 rings (SSSR count). The summed E-state index contributed by atoms with van der Waals surface area (Å²) in [6.45, 7) is 5.14. The second-order valence-electron chi connectivity index (χ2n) is 7.04. The maximum absolute atomic E-state index is 12.7. The number of hydrogen-bond donors (Lipinski definition) is 0. The Morgan fingerprint density at radius 2 is 2.00 bits per heavy atom. The van der Waals surface area contributed by atoms with Gasteiger partial charge in [-0.15, -0.1) is 5.01 Å². The summed E-state index contributed by atoms with van der Waals surface area (Å²) in [5, 5.41) is 19.1. The Morgan fingerprint density at radius 1 is 1.24 bits per heavy atom. The van der Waals surface area contributed by atoms with Gasteiger partial charge in [-0.2, -0.15) is 0 Å². The minimum absolute atomic E-state index is 0.144. The third-order valence-electron chi connectivity index (χ3n) is 5.24. The van der Waals surface area contributed by atoms with Gasteiger partial charge in [0.2, 0.25) is 5.27 Å². The molecule has 0 bridgehead atoms. The zero-order valence-corrected chi connectivity index (χ0v) is 16.8. The van der Waals surface area contributed by atoms with Crippen LogP contribution in [0.4, 0.5) is 5.88 Å². The highest BCUT2D eigenvalue weighted by molar-refractivity contribution is 5.93. The number of aliphatic imine (C=N–C) groups is 1. The van der Waals surface area contributed by atoms with E-state index in [0.29, 0.717) is 17.0 Å². The van der Waals surface area contributed by atoms with Crippen LogP contribution in [-0.4, -0.2) is 24.8 Å². The van der Waals surface area contributed by atoms with Crippen molar-refractivity contribution in [1.29, 1.82) is 0 Å². The smallest absolute Gasteiger partial charge is 0.341 e. The van der Waals surface area contributed by atoms with E-state index in [-0.39, 0.29) is 17.8 Å². The van der Waals surface area contributed by atoms with Crippen LogP contribution in [0.25, 0.3) is 11.3 Å². The Bertz CT molecular complexity index is 1030. The molecule has 0 aliphatic carbocycles. The molecule has 1 aliphatic rings. The minimum Gasteiger partial charge on any atom is -0.858 e. The molecule has 0 N–H and O–H groups in total. The lowest BCUT2D eigenvalue weighted by Crippen LogP contribution is -2.63. The molecule has 1 atom stereocenters. The Hall–Kier alpha value is -3.35. The van der Waals surface area contributed by atoms with Gasteiger partial charge in [-0.3, -0.25) is 4.52 Å². The number of fused-ring (bicyclic) bond motifs is 3. The van der Waals surface area contributed by atoms with Gasteiger partial charge in [0, 0.05) is 0 Å². The number of methoxy groups -OCH3 is 1. The maximum Gasteiger partial charge on any atom is 0.341 e. The number of aromatic nitrogens is 2. The third kappa shape index (κ3) is 3.44. The molecule has 1 aliphatic heterocycles. The lowest BCUT2D eigenvalue weighted by molar-refractivity contribution is -0.754. The van der Waals surface area contributed by atoms with Crippen LogP contribution in [-0.2, 0) is 0 Å². The summed E-state index contributed by atoms with van der Waals surface area (Å²) in [5.74, 6) is 0.513. The van der Waals surface area contributed by atoms with Crippen molar-refractivity contribution in [3.8, 4) is 17.0 Å². The monoisotopic (exact) mass is 392 g/mol. The van der Waals surface area contributed by atoms with Crippen molar-refractivity contribution in [3.05, 3.63) is 59.7 Å². The van der Waals surface area contributed by atoms with Crippen molar-refractivity contribution < 1.29 is 19.2 Å². The summed E-state index contributed by atoms with van der Waals surface area (Å²) in [6, 6.07) is 15.1. The van der Waals surface area contributed by atoms with E-state index in [1.54, 1.807) is 36.2 Å². The number of unbranched alkanes of at least 4 members (excludes halogenated alkanes) is 1. The summed E-state index contributed by atoms with van der Waals surface area (Å²) in [4.78, 5) is 5.99. The van der Waals surface area contributed by atoms with Crippen molar-refractivity contribution >= 4 is 11.8 Å². The summed E-state index contributed by atoms with van der Waals surface area (Å²) in [6.07, 6.45) is 2.11. The molecule has 0 spiro atoms. The number of benzene rings is 2. The molecule has 7 heteroatoms.